The predicted octanol–water partition coefficient (Wildman–Crippen LogP) is 4.51. The average Bonchev–Trinajstić information content (AvgIpc) is 2.53. The molecule has 0 N–H and O–H groups in total. The van der Waals surface area contributed by atoms with Crippen molar-refractivity contribution in [3.8, 4) is 0 Å². The van der Waals surface area contributed by atoms with Crippen LogP contribution in [0, 0.1) is 0 Å². The molecule has 0 aromatic heterocycles. The largest absolute Gasteiger partial charge is 0.331 e. The highest BCUT2D eigenvalue weighted by Gasteiger charge is 2.12. The first-order valence-electron chi connectivity index (χ1n) is 7.01. The molecule has 20 heavy (non-hydrogen) atoms. The van der Waals surface area contributed by atoms with Crippen LogP contribution in [0.5, 0.6) is 0 Å². The Morgan fingerprint density at radius 1 is 0.800 bits per heavy atom. The highest BCUT2D eigenvalue weighted by atomic mass is 15.3. The van der Waals surface area contributed by atoms with Crippen molar-refractivity contribution in [2.24, 2.45) is 0 Å². The number of nitrogens with zero attached hydrogens (tertiary/aromatic N) is 2. The first kappa shape index (κ1) is 14.2. The third kappa shape index (κ3) is 3.21. The van der Waals surface area contributed by atoms with Crippen LogP contribution in [-0.2, 0) is 0 Å². The second kappa shape index (κ2) is 6.80. The standard InChI is InChI=1S/C18H22N2/c1-4-11-18(19(2)16-12-7-5-8-13-16)20(3)17-14-9-6-10-15-17/h5-15H,4H2,1-3H3. The van der Waals surface area contributed by atoms with Crippen molar-refractivity contribution in [2.75, 3.05) is 23.9 Å². The zero-order chi connectivity index (χ0) is 14.4. The van der Waals surface area contributed by atoms with Gasteiger partial charge < -0.3 is 9.80 Å². The minimum absolute atomic E-state index is 1.00. The molecule has 2 aromatic rings. The molecular formula is C18H22N2. The van der Waals surface area contributed by atoms with Gasteiger partial charge in [0.05, 0.1) is 0 Å². The monoisotopic (exact) mass is 266 g/mol. The third-order valence-electron chi connectivity index (χ3n) is 3.36. The summed E-state index contributed by atoms with van der Waals surface area (Å²) in [5.74, 6) is 1.19. The van der Waals surface area contributed by atoms with Crippen LogP contribution in [0.4, 0.5) is 11.4 Å². The van der Waals surface area contributed by atoms with Crippen LogP contribution in [0.1, 0.15) is 13.3 Å². The summed E-state index contributed by atoms with van der Waals surface area (Å²) >= 11 is 0. The van der Waals surface area contributed by atoms with Crippen molar-refractivity contribution in [2.45, 2.75) is 13.3 Å². The van der Waals surface area contributed by atoms with Gasteiger partial charge in [-0.15, -0.1) is 0 Å². The Morgan fingerprint density at radius 3 is 1.55 bits per heavy atom. The summed E-state index contributed by atoms with van der Waals surface area (Å²) in [7, 11) is 4.21. The van der Waals surface area contributed by atoms with Gasteiger partial charge in [0.25, 0.3) is 0 Å². The van der Waals surface area contributed by atoms with Gasteiger partial charge >= 0.3 is 0 Å². The maximum absolute atomic E-state index is 2.25. The van der Waals surface area contributed by atoms with E-state index in [-0.39, 0.29) is 0 Å². The Hall–Kier alpha value is -2.22. The lowest BCUT2D eigenvalue weighted by molar-refractivity contribution is 0.955. The maximum Gasteiger partial charge on any atom is 0.108 e. The summed E-state index contributed by atoms with van der Waals surface area (Å²) in [6.07, 6.45) is 3.25. The van der Waals surface area contributed by atoms with Gasteiger partial charge in [0.1, 0.15) is 5.82 Å². The number of allylic oxidation sites excluding steroid dienone is 1. The second-order valence-electron chi connectivity index (χ2n) is 4.76. The topological polar surface area (TPSA) is 6.48 Å². The minimum Gasteiger partial charge on any atom is -0.331 e. The molecule has 0 heterocycles. The van der Waals surface area contributed by atoms with E-state index < -0.39 is 0 Å². The third-order valence-corrected chi connectivity index (χ3v) is 3.36. The molecule has 2 rings (SSSR count). The molecule has 0 unspecified atom stereocenters. The molecule has 0 saturated carbocycles. The van der Waals surface area contributed by atoms with Crippen LogP contribution in [0.25, 0.3) is 0 Å². The molecule has 2 aromatic carbocycles. The molecule has 2 heteroatoms. The van der Waals surface area contributed by atoms with Gasteiger partial charge in [0.2, 0.25) is 0 Å². The van der Waals surface area contributed by atoms with Gasteiger partial charge in [-0.2, -0.15) is 0 Å². The van der Waals surface area contributed by atoms with E-state index in [1.165, 1.54) is 17.2 Å². The molecule has 0 radical (unpaired) electrons. The second-order valence-corrected chi connectivity index (χ2v) is 4.76. The molecule has 104 valence electrons. The Labute approximate surface area is 122 Å². The molecular weight excluding hydrogens is 244 g/mol. The summed E-state index contributed by atoms with van der Waals surface area (Å²) in [6, 6.07) is 20.9. The lowest BCUT2D eigenvalue weighted by Gasteiger charge is -2.31. The van der Waals surface area contributed by atoms with Crippen molar-refractivity contribution in [3.63, 3.8) is 0 Å². The van der Waals surface area contributed by atoms with Gasteiger partial charge in [-0.3, -0.25) is 0 Å². The van der Waals surface area contributed by atoms with Gasteiger partial charge in [-0.25, -0.2) is 0 Å². The molecule has 0 aliphatic heterocycles. The number of benzene rings is 2. The van der Waals surface area contributed by atoms with E-state index in [9.17, 15) is 0 Å². The Bertz CT molecular complexity index is 499. The fourth-order valence-corrected chi connectivity index (χ4v) is 2.25. The van der Waals surface area contributed by atoms with Crippen LogP contribution in [0.3, 0.4) is 0 Å². The lowest BCUT2D eigenvalue weighted by Crippen LogP contribution is -2.30. The first-order valence-corrected chi connectivity index (χ1v) is 7.01. The van der Waals surface area contributed by atoms with E-state index >= 15 is 0 Å². The Kier molecular flexibility index (Phi) is 4.83. The van der Waals surface area contributed by atoms with E-state index in [2.05, 4.69) is 85.4 Å². The van der Waals surface area contributed by atoms with Gasteiger partial charge in [-0.05, 0) is 36.8 Å². The van der Waals surface area contributed by atoms with Crippen molar-refractivity contribution < 1.29 is 0 Å². The van der Waals surface area contributed by atoms with Crippen LogP contribution < -0.4 is 9.80 Å². The number of hydrogen-bond donors (Lipinski definition) is 0. The van der Waals surface area contributed by atoms with Crippen molar-refractivity contribution >= 4 is 11.4 Å². The van der Waals surface area contributed by atoms with E-state index in [1.807, 2.05) is 12.1 Å². The fraction of sp³-hybridized carbons (Fsp3) is 0.222. The summed E-state index contributed by atoms with van der Waals surface area (Å²) < 4.78 is 0. The van der Waals surface area contributed by atoms with Gasteiger partial charge in [-0.1, -0.05) is 43.3 Å². The van der Waals surface area contributed by atoms with E-state index in [4.69, 9.17) is 0 Å². The molecule has 2 nitrogen and oxygen atoms in total. The first-order chi connectivity index (χ1) is 9.74. The average molecular weight is 266 g/mol. The van der Waals surface area contributed by atoms with Crippen LogP contribution in [-0.4, -0.2) is 14.1 Å². The highest BCUT2D eigenvalue weighted by Crippen LogP contribution is 2.23. The van der Waals surface area contributed by atoms with Crippen molar-refractivity contribution in [1.29, 1.82) is 0 Å². The van der Waals surface area contributed by atoms with Crippen LogP contribution >= 0.6 is 0 Å². The van der Waals surface area contributed by atoms with E-state index in [0.717, 1.165) is 6.42 Å². The number of anilines is 2. The predicted molar refractivity (Wildman–Crippen MR) is 88.1 cm³/mol. The zero-order valence-corrected chi connectivity index (χ0v) is 12.5. The van der Waals surface area contributed by atoms with E-state index in [0.29, 0.717) is 0 Å². The molecule has 0 fully saturated rings. The summed E-state index contributed by atoms with van der Waals surface area (Å²) in [4.78, 5) is 4.44. The Morgan fingerprint density at radius 2 is 1.20 bits per heavy atom. The normalized spacial score (nSPS) is 9.95. The highest BCUT2D eigenvalue weighted by molar-refractivity contribution is 5.59. The fourth-order valence-electron chi connectivity index (χ4n) is 2.25. The SMILES string of the molecule is CCC=C(N(C)c1ccccc1)N(C)c1ccccc1. The number of hydrogen-bond acceptors (Lipinski definition) is 2. The molecule has 0 bridgehead atoms. The van der Waals surface area contributed by atoms with Gasteiger partial charge in [0, 0.05) is 25.5 Å². The van der Waals surface area contributed by atoms with Crippen molar-refractivity contribution in [3.05, 3.63) is 72.6 Å². The molecule has 0 aliphatic carbocycles. The van der Waals surface area contributed by atoms with Gasteiger partial charge in [0.15, 0.2) is 0 Å². The molecule has 0 amide bonds. The molecule has 0 spiro atoms. The van der Waals surface area contributed by atoms with E-state index in [1.54, 1.807) is 0 Å². The van der Waals surface area contributed by atoms with Crippen molar-refractivity contribution in [1.82, 2.24) is 0 Å². The minimum atomic E-state index is 1.00. The van der Waals surface area contributed by atoms with Crippen LogP contribution in [0.15, 0.2) is 72.6 Å². The molecule has 0 aliphatic rings. The lowest BCUT2D eigenvalue weighted by atomic mass is 10.2. The smallest absolute Gasteiger partial charge is 0.108 e. The quantitative estimate of drug-likeness (QED) is 0.785. The molecule has 0 saturated heterocycles. The summed E-state index contributed by atoms with van der Waals surface area (Å²) in [6.45, 7) is 2.16. The molecule has 0 atom stereocenters. The summed E-state index contributed by atoms with van der Waals surface area (Å²) in [5.41, 5.74) is 2.38. The number of para-hydroxylation sites is 2. The summed E-state index contributed by atoms with van der Waals surface area (Å²) in [5, 5.41) is 0. The number of rotatable bonds is 5. The Balaban J connectivity index is 2.30. The van der Waals surface area contributed by atoms with Crippen LogP contribution in [0.2, 0.25) is 0 Å². The maximum atomic E-state index is 2.25. The zero-order valence-electron chi connectivity index (χ0n) is 12.5.